The van der Waals surface area contributed by atoms with Crippen LogP contribution in [0.15, 0.2) is 12.2 Å². The summed E-state index contributed by atoms with van der Waals surface area (Å²) in [6.07, 6.45) is 8.37. The Bertz CT molecular complexity index is 321. The van der Waals surface area contributed by atoms with Gasteiger partial charge in [-0.25, -0.2) is 0 Å². The SMILES string of the molecule is C=C(C#N)C(=O)NC(CCCCCCC)OCCCC. The molecule has 0 aliphatic heterocycles. The van der Waals surface area contributed by atoms with Crippen molar-refractivity contribution in [2.75, 3.05) is 6.61 Å². The quantitative estimate of drug-likeness (QED) is 0.257. The fourth-order valence-corrected chi connectivity index (χ4v) is 1.78. The van der Waals surface area contributed by atoms with Gasteiger partial charge in [-0.05, 0) is 19.3 Å². The molecule has 1 N–H and O–H groups in total. The van der Waals surface area contributed by atoms with Crippen LogP contribution < -0.4 is 5.32 Å². The van der Waals surface area contributed by atoms with E-state index < -0.39 is 5.91 Å². The van der Waals surface area contributed by atoms with Crippen molar-refractivity contribution in [3.05, 3.63) is 12.2 Å². The fraction of sp³-hybridized carbons (Fsp3) is 0.750. The topological polar surface area (TPSA) is 62.1 Å². The van der Waals surface area contributed by atoms with Crippen molar-refractivity contribution >= 4 is 5.91 Å². The second kappa shape index (κ2) is 12.7. The van der Waals surface area contributed by atoms with E-state index in [9.17, 15) is 4.79 Å². The van der Waals surface area contributed by atoms with Gasteiger partial charge in [-0.2, -0.15) is 5.26 Å². The molecule has 4 nitrogen and oxygen atoms in total. The molecule has 0 aromatic heterocycles. The average molecular weight is 280 g/mol. The maximum Gasteiger partial charge on any atom is 0.263 e. The summed E-state index contributed by atoms with van der Waals surface area (Å²) in [6.45, 7) is 8.33. The highest BCUT2D eigenvalue weighted by Crippen LogP contribution is 2.09. The van der Waals surface area contributed by atoms with Crippen LogP contribution in [0.4, 0.5) is 0 Å². The predicted molar refractivity (Wildman–Crippen MR) is 80.9 cm³/mol. The summed E-state index contributed by atoms with van der Waals surface area (Å²) >= 11 is 0. The van der Waals surface area contributed by atoms with E-state index in [1.54, 1.807) is 6.07 Å². The Morgan fingerprint density at radius 3 is 2.45 bits per heavy atom. The van der Waals surface area contributed by atoms with E-state index in [0.29, 0.717) is 6.61 Å². The van der Waals surface area contributed by atoms with Crippen LogP contribution in [0.25, 0.3) is 0 Å². The van der Waals surface area contributed by atoms with Crippen molar-refractivity contribution in [3.8, 4) is 6.07 Å². The number of nitrogens with zero attached hydrogens (tertiary/aromatic N) is 1. The summed E-state index contributed by atoms with van der Waals surface area (Å²) in [5.74, 6) is -0.428. The molecule has 1 unspecified atom stereocenters. The standard InChI is InChI=1S/C16H28N2O2/c1-4-6-8-9-10-11-15(20-12-7-5-2)18-16(19)14(3)13-17/h15H,3-12H2,1-2H3,(H,18,19). The highest BCUT2D eigenvalue weighted by Gasteiger charge is 2.14. The number of hydrogen-bond acceptors (Lipinski definition) is 3. The number of rotatable bonds is 12. The minimum absolute atomic E-state index is 0.0694. The average Bonchev–Trinajstić information content (AvgIpc) is 2.45. The second-order valence-corrected chi connectivity index (χ2v) is 4.98. The number of ether oxygens (including phenoxy) is 1. The zero-order chi connectivity index (χ0) is 15.2. The molecule has 1 atom stereocenters. The number of carbonyl (C=O) groups is 1. The molecule has 4 heteroatoms. The molecule has 0 fully saturated rings. The molecule has 0 aliphatic rings. The van der Waals surface area contributed by atoms with Gasteiger partial charge in [0.05, 0.1) is 0 Å². The molecule has 0 spiro atoms. The Balaban J connectivity index is 4.09. The molecule has 0 saturated heterocycles. The molecular weight excluding hydrogens is 252 g/mol. The number of unbranched alkanes of at least 4 members (excludes halogenated alkanes) is 5. The summed E-state index contributed by atoms with van der Waals surface area (Å²) in [6, 6.07) is 1.76. The Morgan fingerprint density at radius 1 is 1.20 bits per heavy atom. The first-order valence-corrected chi connectivity index (χ1v) is 7.67. The minimum atomic E-state index is -0.428. The summed E-state index contributed by atoms with van der Waals surface area (Å²) in [5, 5.41) is 11.4. The van der Waals surface area contributed by atoms with E-state index in [1.165, 1.54) is 19.3 Å². The Labute approximate surface area is 123 Å². The third-order valence-electron chi connectivity index (χ3n) is 3.09. The third kappa shape index (κ3) is 9.57. The van der Waals surface area contributed by atoms with Gasteiger partial charge in [0.2, 0.25) is 0 Å². The molecule has 114 valence electrons. The molecule has 0 heterocycles. The second-order valence-electron chi connectivity index (χ2n) is 4.98. The number of carbonyl (C=O) groups excluding carboxylic acids is 1. The van der Waals surface area contributed by atoms with Gasteiger partial charge in [0.1, 0.15) is 17.9 Å². The highest BCUT2D eigenvalue weighted by atomic mass is 16.5. The number of hydrogen-bond donors (Lipinski definition) is 1. The Kier molecular flexibility index (Phi) is 11.8. The Morgan fingerprint density at radius 2 is 1.85 bits per heavy atom. The predicted octanol–water partition coefficient (Wildman–Crippen LogP) is 3.69. The highest BCUT2D eigenvalue weighted by molar-refractivity contribution is 5.96. The molecule has 1 amide bonds. The first-order valence-electron chi connectivity index (χ1n) is 7.67. The smallest absolute Gasteiger partial charge is 0.263 e. The van der Waals surface area contributed by atoms with Gasteiger partial charge in [-0.1, -0.05) is 52.5 Å². The van der Waals surface area contributed by atoms with Gasteiger partial charge in [0, 0.05) is 6.61 Å². The van der Waals surface area contributed by atoms with Crippen LogP contribution in [-0.4, -0.2) is 18.7 Å². The molecule has 0 aromatic rings. The van der Waals surface area contributed by atoms with Gasteiger partial charge in [0.15, 0.2) is 0 Å². The van der Waals surface area contributed by atoms with Gasteiger partial charge in [-0.15, -0.1) is 0 Å². The summed E-state index contributed by atoms with van der Waals surface area (Å²) < 4.78 is 5.67. The van der Waals surface area contributed by atoms with Crippen LogP contribution in [0.2, 0.25) is 0 Å². The summed E-state index contributed by atoms with van der Waals surface area (Å²) in [7, 11) is 0. The number of amides is 1. The maximum absolute atomic E-state index is 11.6. The van der Waals surface area contributed by atoms with Crippen LogP contribution in [0.1, 0.15) is 65.2 Å². The summed E-state index contributed by atoms with van der Waals surface area (Å²) in [4.78, 5) is 11.6. The van der Waals surface area contributed by atoms with E-state index >= 15 is 0 Å². The van der Waals surface area contributed by atoms with Crippen molar-refractivity contribution in [1.29, 1.82) is 5.26 Å². The van der Waals surface area contributed by atoms with Crippen molar-refractivity contribution in [3.63, 3.8) is 0 Å². The minimum Gasteiger partial charge on any atom is -0.359 e. The molecule has 0 saturated carbocycles. The van der Waals surface area contributed by atoms with E-state index in [1.807, 2.05) is 0 Å². The maximum atomic E-state index is 11.6. The lowest BCUT2D eigenvalue weighted by Crippen LogP contribution is -2.37. The van der Waals surface area contributed by atoms with E-state index in [4.69, 9.17) is 10.00 Å². The number of nitriles is 1. The summed E-state index contributed by atoms with van der Waals surface area (Å²) in [5.41, 5.74) is -0.0694. The fourth-order valence-electron chi connectivity index (χ4n) is 1.78. The van der Waals surface area contributed by atoms with Crippen molar-refractivity contribution in [2.45, 2.75) is 71.4 Å². The number of nitrogens with one attached hydrogen (secondary N) is 1. The van der Waals surface area contributed by atoms with Crippen LogP contribution in [0.5, 0.6) is 0 Å². The van der Waals surface area contributed by atoms with Crippen LogP contribution in [0.3, 0.4) is 0 Å². The molecule has 0 radical (unpaired) electrons. The lowest BCUT2D eigenvalue weighted by molar-refractivity contribution is -0.121. The zero-order valence-electron chi connectivity index (χ0n) is 12.9. The first kappa shape index (κ1) is 18.7. The van der Waals surface area contributed by atoms with Crippen molar-refractivity contribution < 1.29 is 9.53 Å². The molecule has 0 aromatic carbocycles. The zero-order valence-corrected chi connectivity index (χ0v) is 12.9. The van der Waals surface area contributed by atoms with Gasteiger partial charge in [-0.3, -0.25) is 4.79 Å². The van der Waals surface area contributed by atoms with Gasteiger partial charge in [0.25, 0.3) is 5.91 Å². The third-order valence-corrected chi connectivity index (χ3v) is 3.09. The normalized spacial score (nSPS) is 11.7. The van der Waals surface area contributed by atoms with Crippen LogP contribution in [0, 0.1) is 11.3 Å². The van der Waals surface area contributed by atoms with Crippen LogP contribution >= 0.6 is 0 Å². The Hall–Kier alpha value is -1.34. The molecule has 20 heavy (non-hydrogen) atoms. The molecule has 0 rings (SSSR count). The van der Waals surface area contributed by atoms with Gasteiger partial charge < -0.3 is 10.1 Å². The van der Waals surface area contributed by atoms with Gasteiger partial charge >= 0.3 is 0 Å². The van der Waals surface area contributed by atoms with Crippen molar-refractivity contribution in [2.24, 2.45) is 0 Å². The molecule has 0 bridgehead atoms. The lowest BCUT2D eigenvalue weighted by atomic mass is 10.1. The monoisotopic (exact) mass is 280 g/mol. The largest absolute Gasteiger partial charge is 0.359 e. The van der Waals surface area contributed by atoms with E-state index in [2.05, 4.69) is 25.7 Å². The lowest BCUT2D eigenvalue weighted by Gasteiger charge is -2.19. The van der Waals surface area contributed by atoms with E-state index in [-0.39, 0.29) is 11.8 Å². The van der Waals surface area contributed by atoms with Crippen molar-refractivity contribution in [1.82, 2.24) is 5.32 Å². The first-order chi connectivity index (χ1) is 9.65. The molecule has 0 aliphatic carbocycles. The molecular formula is C16H28N2O2. The van der Waals surface area contributed by atoms with Crippen LogP contribution in [-0.2, 0) is 9.53 Å². The van der Waals surface area contributed by atoms with E-state index in [0.717, 1.165) is 32.1 Å².